The number of carbonyl (C=O) groups is 2. The summed E-state index contributed by atoms with van der Waals surface area (Å²) in [6, 6.07) is 13.2. The van der Waals surface area contributed by atoms with Crippen LogP contribution in [0.25, 0.3) is 0 Å². The lowest BCUT2D eigenvalue weighted by atomic mass is 9.88. The molecule has 5 nitrogen and oxygen atoms in total. The summed E-state index contributed by atoms with van der Waals surface area (Å²) >= 11 is 0. The van der Waals surface area contributed by atoms with Crippen molar-refractivity contribution >= 4 is 11.8 Å². The van der Waals surface area contributed by atoms with Gasteiger partial charge in [0.25, 0.3) is 5.91 Å². The van der Waals surface area contributed by atoms with Gasteiger partial charge in [-0.15, -0.1) is 0 Å². The van der Waals surface area contributed by atoms with Crippen molar-refractivity contribution in [1.82, 2.24) is 15.8 Å². The van der Waals surface area contributed by atoms with E-state index in [1.54, 1.807) is 18.3 Å². The van der Waals surface area contributed by atoms with E-state index in [1.807, 2.05) is 44.2 Å². The molecular weight excluding hydrogens is 290 g/mol. The molecule has 0 aliphatic carbocycles. The number of hydrogen-bond acceptors (Lipinski definition) is 3. The minimum atomic E-state index is -0.381. The first-order valence-electron chi connectivity index (χ1n) is 7.62. The largest absolute Gasteiger partial charge is 0.273 e. The highest BCUT2D eigenvalue weighted by Crippen LogP contribution is 2.17. The number of nitrogens with zero attached hydrogens (tertiary/aromatic N) is 1. The van der Waals surface area contributed by atoms with Gasteiger partial charge in [0, 0.05) is 18.3 Å². The van der Waals surface area contributed by atoms with Crippen LogP contribution in [0, 0.1) is 11.8 Å². The molecule has 2 rings (SSSR count). The van der Waals surface area contributed by atoms with Crippen molar-refractivity contribution in [1.29, 1.82) is 0 Å². The van der Waals surface area contributed by atoms with Crippen molar-refractivity contribution in [3.8, 4) is 0 Å². The molecule has 1 atom stereocenters. The Bertz CT molecular complexity index is 642. The molecule has 1 aromatic heterocycles. The van der Waals surface area contributed by atoms with Gasteiger partial charge in [-0.3, -0.25) is 25.4 Å². The lowest BCUT2D eigenvalue weighted by molar-refractivity contribution is -0.127. The van der Waals surface area contributed by atoms with Crippen LogP contribution in [0.3, 0.4) is 0 Å². The summed E-state index contributed by atoms with van der Waals surface area (Å²) in [5, 5.41) is 0. The number of nitrogens with one attached hydrogen (secondary N) is 2. The fourth-order valence-corrected chi connectivity index (χ4v) is 2.28. The molecule has 0 saturated carbocycles. The summed E-state index contributed by atoms with van der Waals surface area (Å²) in [5.41, 5.74) is 6.45. The first-order valence-corrected chi connectivity index (χ1v) is 7.62. The van der Waals surface area contributed by atoms with Crippen LogP contribution in [-0.2, 0) is 11.2 Å². The number of benzene rings is 1. The molecule has 5 heteroatoms. The van der Waals surface area contributed by atoms with E-state index in [0.717, 1.165) is 5.56 Å². The molecule has 0 aliphatic heterocycles. The van der Waals surface area contributed by atoms with E-state index in [0.29, 0.717) is 12.0 Å². The molecule has 1 heterocycles. The number of hydrazine groups is 1. The van der Waals surface area contributed by atoms with E-state index in [4.69, 9.17) is 0 Å². The van der Waals surface area contributed by atoms with Crippen LogP contribution >= 0.6 is 0 Å². The smallest absolute Gasteiger partial charge is 0.271 e. The van der Waals surface area contributed by atoms with Crippen LogP contribution in [0.15, 0.2) is 54.9 Å². The monoisotopic (exact) mass is 311 g/mol. The predicted molar refractivity (Wildman–Crippen MR) is 88.3 cm³/mol. The van der Waals surface area contributed by atoms with Crippen molar-refractivity contribution in [3.05, 3.63) is 66.0 Å². The van der Waals surface area contributed by atoms with E-state index >= 15 is 0 Å². The lowest BCUT2D eigenvalue weighted by Crippen LogP contribution is -2.46. The second kappa shape index (κ2) is 8.08. The Hall–Kier alpha value is -2.69. The Labute approximate surface area is 136 Å². The van der Waals surface area contributed by atoms with E-state index in [9.17, 15) is 9.59 Å². The SMILES string of the molecule is CC(C)C(Cc1ccccc1)C(=O)NNC(=O)c1cccnc1. The van der Waals surface area contributed by atoms with Crippen molar-refractivity contribution in [2.45, 2.75) is 20.3 Å². The maximum absolute atomic E-state index is 12.4. The van der Waals surface area contributed by atoms with Gasteiger partial charge in [0.15, 0.2) is 0 Å². The van der Waals surface area contributed by atoms with Gasteiger partial charge < -0.3 is 0 Å². The van der Waals surface area contributed by atoms with Gasteiger partial charge in [0.2, 0.25) is 5.91 Å². The normalized spacial score (nSPS) is 11.8. The molecule has 2 N–H and O–H groups in total. The van der Waals surface area contributed by atoms with Crippen molar-refractivity contribution < 1.29 is 9.59 Å². The van der Waals surface area contributed by atoms with Crippen LogP contribution in [0.4, 0.5) is 0 Å². The molecule has 0 spiro atoms. The minimum Gasteiger partial charge on any atom is -0.273 e. The van der Waals surface area contributed by atoms with Crippen LogP contribution in [-0.4, -0.2) is 16.8 Å². The highest BCUT2D eigenvalue weighted by atomic mass is 16.2. The molecule has 1 aromatic carbocycles. The summed E-state index contributed by atoms with van der Waals surface area (Å²) in [7, 11) is 0. The fraction of sp³-hybridized carbons (Fsp3) is 0.278. The summed E-state index contributed by atoms with van der Waals surface area (Å²) in [6.07, 6.45) is 3.67. The molecule has 0 aliphatic rings. The zero-order valence-electron chi connectivity index (χ0n) is 13.3. The average molecular weight is 311 g/mol. The molecule has 0 fully saturated rings. The van der Waals surface area contributed by atoms with Crippen LogP contribution in [0.2, 0.25) is 0 Å². The molecule has 120 valence electrons. The molecule has 23 heavy (non-hydrogen) atoms. The molecule has 2 aromatic rings. The maximum Gasteiger partial charge on any atom is 0.271 e. The van der Waals surface area contributed by atoms with Gasteiger partial charge in [-0.2, -0.15) is 0 Å². The number of aromatic nitrogens is 1. The average Bonchev–Trinajstić information content (AvgIpc) is 2.58. The van der Waals surface area contributed by atoms with Crippen LogP contribution in [0.1, 0.15) is 29.8 Å². The maximum atomic E-state index is 12.4. The van der Waals surface area contributed by atoms with E-state index in [2.05, 4.69) is 15.8 Å². The topological polar surface area (TPSA) is 71.1 Å². The third-order valence-electron chi connectivity index (χ3n) is 3.66. The zero-order chi connectivity index (χ0) is 16.7. The number of rotatable bonds is 5. The van der Waals surface area contributed by atoms with Crippen LogP contribution in [0.5, 0.6) is 0 Å². The van der Waals surface area contributed by atoms with Gasteiger partial charge in [-0.25, -0.2) is 0 Å². The third kappa shape index (κ3) is 4.92. The Balaban J connectivity index is 1.95. The lowest BCUT2D eigenvalue weighted by Gasteiger charge is -2.20. The van der Waals surface area contributed by atoms with Gasteiger partial charge in [0.05, 0.1) is 5.56 Å². The molecule has 0 saturated heterocycles. The first kappa shape index (κ1) is 16.7. The van der Waals surface area contributed by atoms with E-state index < -0.39 is 0 Å². The molecule has 0 radical (unpaired) electrons. The van der Waals surface area contributed by atoms with Crippen molar-refractivity contribution in [3.63, 3.8) is 0 Å². The summed E-state index contributed by atoms with van der Waals surface area (Å²) in [6.45, 7) is 3.99. The summed E-state index contributed by atoms with van der Waals surface area (Å²) < 4.78 is 0. The third-order valence-corrected chi connectivity index (χ3v) is 3.66. The van der Waals surface area contributed by atoms with E-state index in [-0.39, 0.29) is 23.7 Å². The van der Waals surface area contributed by atoms with E-state index in [1.165, 1.54) is 6.20 Å². The predicted octanol–water partition coefficient (Wildman–Crippen LogP) is 2.36. The van der Waals surface area contributed by atoms with Gasteiger partial charge >= 0.3 is 0 Å². The Morgan fingerprint density at radius 2 is 1.78 bits per heavy atom. The first-order chi connectivity index (χ1) is 11.1. The summed E-state index contributed by atoms with van der Waals surface area (Å²) in [4.78, 5) is 28.2. The molecule has 2 amide bonds. The van der Waals surface area contributed by atoms with Crippen LogP contribution < -0.4 is 10.9 Å². The number of amides is 2. The Kier molecular flexibility index (Phi) is 5.86. The number of pyridine rings is 1. The van der Waals surface area contributed by atoms with Gasteiger partial charge in [-0.1, -0.05) is 44.2 Å². The molecule has 0 bridgehead atoms. The second-order valence-corrected chi connectivity index (χ2v) is 5.73. The number of carbonyl (C=O) groups excluding carboxylic acids is 2. The van der Waals surface area contributed by atoms with Gasteiger partial charge in [-0.05, 0) is 30.0 Å². The fourth-order valence-electron chi connectivity index (χ4n) is 2.28. The highest BCUT2D eigenvalue weighted by Gasteiger charge is 2.23. The van der Waals surface area contributed by atoms with Gasteiger partial charge in [0.1, 0.15) is 0 Å². The quantitative estimate of drug-likeness (QED) is 0.833. The molecular formula is C18H21N3O2. The summed E-state index contributed by atoms with van der Waals surface area (Å²) in [5.74, 6) is -0.633. The van der Waals surface area contributed by atoms with Crippen molar-refractivity contribution in [2.24, 2.45) is 11.8 Å². The standard InChI is InChI=1S/C18H21N3O2/c1-13(2)16(11-14-7-4-3-5-8-14)18(23)21-20-17(22)15-9-6-10-19-12-15/h3-10,12-13,16H,11H2,1-2H3,(H,20,22)(H,21,23). The molecule has 1 unspecified atom stereocenters. The van der Waals surface area contributed by atoms with Crippen molar-refractivity contribution in [2.75, 3.05) is 0 Å². The number of hydrogen-bond donors (Lipinski definition) is 2. The Morgan fingerprint density at radius 1 is 1.04 bits per heavy atom. The highest BCUT2D eigenvalue weighted by molar-refractivity contribution is 5.95. The zero-order valence-corrected chi connectivity index (χ0v) is 13.3. The second-order valence-electron chi connectivity index (χ2n) is 5.73. The Morgan fingerprint density at radius 3 is 2.39 bits per heavy atom. The minimum absolute atomic E-state index is 0.158.